The van der Waals surface area contributed by atoms with E-state index >= 15 is 0 Å². The number of carbonyl (C=O) groups is 2. The summed E-state index contributed by atoms with van der Waals surface area (Å²) in [5.41, 5.74) is 3.70. The Morgan fingerprint density at radius 3 is 2.45 bits per heavy atom. The molecule has 0 saturated carbocycles. The summed E-state index contributed by atoms with van der Waals surface area (Å²) in [4.78, 5) is 36.2. The first-order valence-corrected chi connectivity index (χ1v) is 11.6. The summed E-state index contributed by atoms with van der Waals surface area (Å²) in [7, 11) is 0. The molecule has 0 unspecified atom stereocenters. The molecule has 7 nitrogen and oxygen atoms in total. The van der Waals surface area contributed by atoms with Crippen LogP contribution < -0.4 is 10.6 Å². The van der Waals surface area contributed by atoms with Crippen LogP contribution in [0.25, 0.3) is 0 Å². The van der Waals surface area contributed by atoms with Gasteiger partial charge in [-0.15, -0.1) is 0 Å². The molecular formula is C26H29N5O2. The van der Waals surface area contributed by atoms with E-state index in [1.54, 1.807) is 18.5 Å². The number of imidazole rings is 1. The number of likely N-dealkylation sites (tertiary alicyclic amines) is 1. The number of nitrogens with one attached hydrogen (secondary N) is 3. The number of aromatic amines is 1. The van der Waals surface area contributed by atoms with Crippen LogP contribution in [-0.2, 0) is 23.2 Å². The van der Waals surface area contributed by atoms with E-state index in [4.69, 9.17) is 0 Å². The molecule has 5 rings (SSSR count). The SMILES string of the molecule is O=C(N[C@H](Cc1ccccc1)C(=O)N1CCC2(CC1)NCCc1[nH]cnc12)c1ccccc1. The maximum Gasteiger partial charge on any atom is 0.251 e. The van der Waals surface area contributed by atoms with E-state index in [1.165, 1.54) is 5.69 Å². The van der Waals surface area contributed by atoms with Crippen molar-refractivity contribution >= 4 is 11.8 Å². The second-order valence-electron chi connectivity index (χ2n) is 8.90. The smallest absolute Gasteiger partial charge is 0.251 e. The van der Waals surface area contributed by atoms with Gasteiger partial charge in [-0.1, -0.05) is 48.5 Å². The molecule has 1 spiro atoms. The van der Waals surface area contributed by atoms with Crippen LogP contribution in [0.15, 0.2) is 67.0 Å². The minimum absolute atomic E-state index is 0.0314. The van der Waals surface area contributed by atoms with Gasteiger partial charge in [-0.3, -0.25) is 9.59 Å². The Morgan fingerprint density at radius 1 is 1.03 bits per heavy atom. The Hall–Kier alpha value is -3.45. The van der Waals surface area contributed by atoms with Gasteiger partial charge in [-0.2, -0.15) is 0 Å². The lowest BCUT2D eigenvalue weighted by Crippen LogP contribution is -2.58. The number of carbonyl (C=O) groups excluding carboxylic acids is 2. The molecule has 0 aliphatic carbocycles. The summed E-state index contributed by atoms with van der Waals surface area (Å²) in [6.07, 6.45) is 4.79. The third kappa shape index (κ3) is 4.41. The van der Waals surface area contributed by atoms with Gasteiger partial charge in [-0.25, -0.2) is 4.98 Å². The molecule has 2 amide bonds. The molecule has 1 saturated heterocycles. The molecule has 2 aromatic carbocycles. The number of piperidine rings is 1. The van der Waals surface area contributed by atoms with E-state index in [0.29, 0.717) is 25.1 Å². The monoisotopic (exact) mass is 443 g/mol. The predicted molar refractivity (Wildman–Crippen MR) is 126 cm³/mol. The van der Waals surface area contributed by atoms with Gasteiger partial charge in [0.15, 0.2) is 0 Å². The highest BCUT2D eigenvalue weighted by atomic mass is 16.2. The zero-order valence-corrected chi connectivity index (χ0v) is 18.6. The molecule has 3 heterocycles. The Labute approximate surface area is 193 Å². The van der Waals surface area contributed by atoms with E-state index in [-0.39, 0.29) is 17.4 Å². The minimum Gasteiger partial charge on any atom is -0.348 e. The van der Waals surface area contributed by atoms with Crippen molar-refractivity contribution in [1.29, 1.82) is 0 Å². The number of amides is 2. The van der Waals surface area contributed by atoms with Crippen molar-refractivity contribution < 1.29 is 9.59 Å². The van der Waals surface area contributed by atoms with Gasteiger partial charge in [0.25, 0.3) is 5.91 Å². The summed E-state index contributed by atoms with van der Waals surface area (Å²) in [6.45, 7) is 2.17. The molecule has 2 aliphatic rings. The molecule has 1 aromatic heterocycles. The maximum absolute atomic E-state index is 13.6. The summed E-state index contributed by atoms with van der Waals surface area (Å²) in [5.74, 6) is -0.260. The second-order valence-corrected chi connectivity index (χ2v) is 8.90. The van der Waals surface area contributed by atoms with Crippen LogP contribution in [0.4, 0.5) is 0 Å². The minimum atomic E-state index is -0.616. The molecule has 33 heavy (non-hydrogen) atoms. The predicted octanol–water partition coefficient (Wildman–Crippen LogP) is 2.41. The first-order chi connectivity index (χ1) is 16.1. The molecule has 2 aliphatic heterocycles. The highest BCUT2D eigenvalue weighted by Crippen LogP contribution is 2.36. The Morgan fingerprint density at radius 2 is 1.73 bits per heavy atom. The van der Waals surface area contributed by atoms with Crippen LogP contribution in [0.3, 0.4) is 0 Å². The average molecular weight is 444 g/mol. The van der Waals surface area contributed by atoms with Crippen LogP contribution in [0.5, 0.6) is 0 Å². The van der Waals surface area contributed by atoms with Crippen molar-refractivity contribution in [1.82, 2.24) is 25.5 Å². The fourth-order valence-electron chi connectivity index (χ4n) is 5.06. The van der Waals surface area contributed by atoms with Crippen molar-refractivity contribution in [3.05, 3.63) is 89.5 Å². The van der Waals surface area contributed by atoms with Crippen LogP contribution in [0.1, 0.15) is 40.2 Å². The number of aromatic nitrogens is 2. The molecule has 0 bridgehead atoms. The Kier molecular flexibility index (Phi) is 5.96. The third-order valence-electron chi connectivity index (χ3n) is 6.86. The largest absolute Gasteiger partial charge is 0.348 e. The van der Waals surface area contributed by atoms with E-state index in [1.807, 2.05) is 53.4 Å². The van der Waals surface area contributed by atoms with E-state index < -0.39 is 6.04 Å². The summed E-state index contributed by atoms with van der Waals surface area (Å²) >= 11 is 0. The summed E-state index contributed by atoms with van der Waals surface area (Å²) in [5, 5.41) is 6.67. The standard InChI is InChI=1S/C26H29N5O2/c32-24(20-9-5-2-6-10-20)30-22(17-19-7-3-1-4-8-19)25(33)31-15-12-26(13-16-31)23-21(11-14-29-26)27-18-28-23/h1-10,18,22,29H,11-17H2,(H,27,28)(H,30,32)/t22-/m1/s1. The second kappa shape index (κ2) is 9.19. The maximum atomic E-state index is 13.6. The molecule has 1 fully saturated rings. The molecule has 7 heteroatoms. The first-order valence-electron chi connectivity index (χ1n) is 11.6. The van der Waals surface area contributed by atoms with E-state index in [0.717, 1.165) is 37.1 Å². The lowest BCUT2D eigenvalue weighted by molar-refractivity contribution is -0.135. The number of fused-ring (bicyclic) bond motifs is 2. The van der Waals surface area contributed by atoms with Crippen molar-refractivity contribution in [2.24, 2.45) is 0 Å². The number of hydrogen-bond acceptors (Lipinski definition) is 4. The number of hydrogen-bond donors (Lipinski definition) is 3. The first kappa shape index (κ1) is 21.4. The van der Waals surface area contributed by atoms with Crippen molar-refractivity contribution in [2.45, 2.75) is 37.3 Å². The van der Waals surface area contributed by atoms with Crippen LogP contribution in [0, 0.1) is 0 Å². The Balaban J connectivity index is 1.31. The average Bonchev–Trinajstić information content (AvgIpc) is 3.36. The topological polar surface area (TPSA) is 90.1 Å². The number of rotatable bonds is 5. The van der Waals surface area contributed by atoms with Gasteiger partial charge in [0.05, 0.1) is 17.6 Å². The van der Waals surface area contributed by atoms with Gasteiger partial charge in [0.1, 0.15) is 6.04 Å². The number of H-pyrrole nitrogens is 1. The fraction of sp³-hybridized carbons (Fsp3) is 0.346. The summed E-state index contributed by atoms with van der Waals surface area (Å²) in [6, 6.07) is 18.3. The quantitative estimate of drug-likeness (QED) is 0.565. The molecule has 1 atom stereocenters. The zero-order valence-electron chi connectivity index (χ0n) is 18.6. The van der Waals surface area contributed by atoms with Gasteiger partial charge >= 0.3 is 0 Å². The Bertz CT molecular complexity index is 1100. The third-order valence-corrected chi connectivity index (χ3v) is 6.86. The fourth-order valence-corrected chi connectivity index (χ4v) is 5.06. The highest BCUT2D eigenvalue weighted by molar-refractivity contribution is 5.97. The highest BCUT2D eigenvalue weighted by Gasteiger charge is 2.42. The molecular weight excluding hydrogens is 414 g/mol. The van der Waals surface area contributed by atoms with Crippen molar-refractivity contribution in [3.8, 4) is 0 Å². The number of benzene rings is 2. The lowest BCUT2D eigenvalue weighted by Gasteiger charge is -2.44. The van der Waals surface area contributed by atoms with E-state index in [2.05, 4.69) is 20.6 Å². The zero-order chi connectivity index (χ0) is 22.7. The van der Waals surface area contributed by atoms with Gasteiger partial charge < -0.3 is 20.5 Å². The van der Waals surface area contributed by atoms with Crippen LogP contribution >= 0.6 is 0 Å². The molecule has 0 radical (unpaired) electrons. The van der Waals surface area contributed by atoms with Crippen molar-refractivity contribution in [2.75, 3.05) is 19.6 Å². The van der Waals surface area contributed by atoms with Crippen molar-refractivity contribution in [3.63, 3.8) is 0 Å². The van der Waals surface area contributed by atoms with Gasteiger partial charge in [-0.05, 0) is 30.5 Å². The number of nitrogens with zero attached hydrogens (tertiary/aromatic N) is 2. The summed E-state index contributed by atoms with van der Waals surface area (Å²) < 4.78 is 0. The molecule has 3 aromatic rings. The van der Waals surface area contributed by atoms with E-state index in [9.17, 15) is 9.59 Å². The van der Waals surface area contributed by atoms with Crippen LogP contribution in [-0.4, -0.2) is 52.4 Å². The van der Waals surface area contributed by atoms with Gasteiger partial charge in [0.2, 0.25) is 5.91 Å². The van der Waals surface area contributed by atoms with Gasteiger partial charge in [0, 0.05) is 43.7 Å². The lowest BCUT2D eigenvalue weighted by atomic mass is 9.80. The molecule has 3 N–H and O–H groups in total. The molecule has 170 valence electrons. The normalized spacial score (nSPS) is 17.9. The van der Waals surface area contributed by atoms with Crippen LogP contribution in [0.2, 0.25) is 0 Å².